The Morgan fingerprint density at radius 2 is 1.35 bits per heavy atom. The normalized spacial score (nSPS) is 22.5. The number of carbonyl (C=O) groups excluding carboxylic acids is 1. The van der Waals surface area contributed by atoms with Gasteiger partial charge in [0, 0.05) is 45.5 Å². The van der Waals surface area contributed by atoms with Crippen molar-refractivity contribution in [2.45, 2.75) is 191 Å². The van der Waals surface area contributed by atoms with Crippen LogP contribution in [0.25, 0.3) is 0 Å². The minimum Gasteiger partial charge on any atom is -0.455 e. The summed E-state index contributed by atoms with van der Waals surface area (Å²) in [6.45, 7) is 11.4. The molecule has 356 valence electrons. The number of hydrogen-bond donors (Lipinski definition) is 0. The van der Waals surface area contributed by atoms with Gasteiger partial charge in [0.05, 0.1) is 42.7 Å². The van der Waals surface area contributed by atoms with Crippen molar-refractivity contribution in [3.05, 3.63) is 84.5 Å². The Balaban J connectivity index is 1.15. The smallest absolute Gasteiger partial charge is 0.334 e. The molecule has 3 heterocycles. The number of rotatable bonds is 26. The quantitative estimate of drug-likeness (QED) is 0.0301. The Morgan fingerprint density at radius 3 is 1.89 bits per heavy atom. The topological polar surface area (TPSA) is 90.9 Å². The van der Waals surface area contributed by atoms with Gasteiger partial charge in [-0.15, -0.1) is 11.8 Å². The van der Waals surface area contributed by atoms with Crippen LogP contribution in [0.15, 0.2) is 84.5 Å². The maximum absolute atomic E-state index is 12.9. The van der Waals surface area contributed by atoms with Crippen LogP contribution in [0.5, 0.6) is 0 Å². The summed E-state index contributed by atoms with van der Waals surface area (Å²) in [4.78, 5) is 12.9. The van der Waals surface area contributed by atoms with E-state index in [2.05, 4.69) is 118 Å². The van der Waals surface area contributed by atoms with Gasteiger partial charge in [-0.1, -0.05) is 132 Å². The van der Waals surface area contributed by atoms with Crippen LogP contribution in [0.4, 0.5) is 0 Å². The van der Waals surface area contributed by atoms with Crippen LogP contribution in [0.2, 0.25) is 5.04 Å². The molecule has 3 aliphatic heterocycles. The summed E-state index contributed by atoms with van der Waals surface area (Å²) in [7, 11) is 0.436. The average Bonchev–Trinajstić information content (AvgIpc) is 4.07. The number of unbranched alkanes of at least 4 members (excludes halogenated alkanes) is 6. The summed E-state index contributed by atoms with van der Waals surface area (Å²) in [5.41, 5.74) is 0.700. The van der Waals surface area contributed by atoms with Gasteiger partial charge in [-0.3, -0.25) is 0 Å². The second kappa shape index (κ2) is 27.9. The van der Waals surface area contributed by atoms with Crippen molar-refractivity contribution < 1.29 is 42.4 Å². The van der Waals surface area contributed by atoms with Crippen LogP contribution in [0.1, 0.15) is 137 Å². The second-order valence-electron chi connectivity index (χ2n) is 18.8. The van der Waals surface area contributed by atoms with Crippen LogP contribution in [-0.2, 0) is 42.4 Å². The lowest BCUT2D eigenvalue weighted by Gasteiger charge is -2.45. The minimum atomic E-state index is -2.85. The zero-order valence-corrected chi connectivity index (χ0v) is 41.5. The molecule has 3 aliphatic rings. The fourth-order valence-electron chi connectivity index (χ4n) is 9.45. The fourth-order valence-corrected chi connectivity index (χ4v) is 14.2. The second-order valence-corrected chi connectivity index (χ2v) is 23.0. The molecule has 8 atom stereocenters. The highest BCUT2D eigenvalue weighted by Gasteiger charge is 2.51. The molecule has 0 amide bonds. The number of methoxy groups -OCH3 is 2. The van der Waals surface area contributed by atoms with Gasteiger partial charge in [0.25, 0.3) is 8.32 Å². The number of cyclic esters (lactones) is 1. The van der Waals surface area contributed by atoms with E-state index in [-0.39, 0.29) is 73.4 Å². The van der Waals surface area contributed by atoms with Crippen molar-refractivity contribution in [2.75, 3.05) is 27.8 Å². The number of esters is 1. The van der Waals surface area contributed by atoms with Crippen molar-refractivity contribution in [3.8, 4) is 23.7 Å². The Labute approximate surface area is 392 Å². The molecule has 9 nitrogen and oxygen atoms in total. The summed E-state index contributed by atoms with van der Waals surface area (Å²) in [6, 6.07) is 21.4. The number of hydrogen-bond acceptors (Lipinski definition) is 9. The highest BCUT2D eigenvalue weighted by Crippen LogP contribution is 2.39. The molecule has 0 radical (unpaired) electrons. The number of carbonyl (C=O) groups is 1. The van der Waals surface area contributed by atoms with Crippen LogP contribution in [-0.4, -0.2) is 90.9 Å². The van der Waals surface area contributed by atoms with E-state index in [0.717, 1.165) is 57.8 Å². The molecule has 2 aromatic carbocycles. The van der Waals surface area contributed by atoms with E-state index in [1.165, 1.54) is 36.1 Å². The Kier molecular flexibility index (Phi) is 22.5. The molecule has 0 bridgehead atoms. The van der Waals surface area contributed by atoms with Gasteiger partial charge in [0.2, 0.25) is 0 Å². The van der Waals surface area contributed by atoms with Gasteiger partial charge in [-0.25, -0.2) is 4.79 Å². The molecular weight excluding hydrogens is 833 g/mol. The summed E-state index contributed by atoms with van der Waals surface area (Å²) in [5.74, 6) is 13.1. The highest BCUT2D eigenvalue weighted by molar-refractivity contribution is 6.99. The Hall–Kier alpha value is -3.55. The largest absolute Gasteiger partial charge is 0.455 e. The van der Waals surface area contributed by atoms with Gasteiger partial charge >= 0.3 is 5.97 Å². The molecular formula is C55H78O9Si. The zero-order chi connectivity index (χ0) is 46.3. The summed E-state index contributed by atoms with van der Waals surface area (Å²) in [6.07, 6.45) is 20.1. The van der Waals surface area contributed by atoms with Gasteiger partial charge < -0.3 is 37.6 Å². The average molecular weight is 911 g/mol. The molecule has 65 heavy (non-hydrogen) atoms. The van der Waals surface area contributed by atoms with Gasteiger partial charge in [0.1, 0.15) is 19.7 Å². The summed E-state index contributed by atoms with van der Waals surface area (Å²) >= 11 is 0. The minimum absolute atomic E-state index is 0.00318. The first-order chi connectivity index (χ1) is 31.6. The lowest BCUT2D eigenvalue weighted by atomic mass is 10.0. The maximum Gasteiger partial charge on any atom is 0.334 e. The molecule has 2 fully saturated rings. The number of allylic oxidation sites excluding steroid dienone is 2. The SMILES string of the molecule is CCCCCCCC#CCC(OCOC)C1CCC(C2CCC(C(CC#CC=CCCCC(CC3=CC(C)OC3=O)O[Si](c3ccccc3)(c3ccccc3)C(C)(C)C)OCOC)O2)O1. The number of ether oxygens (including phenoxy) is 7. The summed E-state index contributed by atoms with van der Waals surface area (Å²) in [5, 5.41) is 2.26. The molecule has 0 spiro atoms. The van der Waals surface area contributed by atoms with E-state index in [4.69, 9.17) is 37.6 Å². The molecule has 10 heteroatoms. The lowest BCUT2D eigenvalue weighted by molar-refractivity contribution is -0.154. The van der Waals surface area contributed by atoms with E-state index in [9.17, 15) is 4.79 Å². The number of benzene rings is 2. The fraction of sp³-hybridized carbons (Fsp3) is 0.618. The molecule has 2 saturated heterocycles. The lowest BCUT2D eigenvalue weighted by Crippen LogP contribution is -2.67. The predicted octanol–water partition coefficient (Wildman–Crippen LogP) is 10.1. The predicted molar refractivity (Wildman–Crippen MR) is 261 cm³/mol. The molecule has 0 N–H and O–H groups in total. The summed E-state index contributed by atoms with van der Waals surface area (Å²) < 4.78 is 49.1. The standard InChI is InChI=1S/C55H78O9Si/c1-8-9-10-11-12-13-17-26-33-48(59-41-57-6)50-35-37-52(62-50)53-38-36-51(63-53)49(60-42-58-7)34-27-18-15-14-16-21-28-45(40-44-39-43(2)61-54(44)56)64-65(55(3,4)5,46-29-22-19-23-30-46)47-31-24-20-25-32-47/h14-15,19-20,22-25,29-32,39,43,45,48-53H,8-13,16,21,28,33-38,40-42H2,1-7H3. The third-order valence-electron chi connectivity index (χ3n) is 12.8. The molecule has 5 rings (SSSR count). The van der Waals surface area contributed by atoms with Crippen LogP contribution < -0.4 is 10.4 Å². The van der Waals surface area contributed by atoms with E-state index in [1.54, 1.807) is 14.2 Å². The van der Waals surface area contributed by atoms with Crippen LogP contribution >= 0.6 is 0 Å². The monoisotopic (exact) mass is 911 g/mol. The molecule has 0 aliphatic carbocycles. The Morgan fingerprint density at radius 1 is 0.769 bits per heavy atom. The maximum atomic E-state index is 12.9. The van der Waals surface area contributed by atoms with Crippen molar-refractivity contribution in [2.24, 2.45) is 0 Å². The van der Waals surface area contributed by atoms with Crippen molar-refractivity contribution in [1.82, 2.24) is 0 Å². The molecule has 2 aromatic rings. The van der Waals surface area contributed by atoms with Crippen LogP contribution in [0, 0.1) is 23.7 Å². The first-order valence-corrected chi connectivity index (χ1v) is 26.3. The highest BCUT2D eigenvalue weighted by atomic mass is 28.4. The molecule has 8 unspecified atom stereocenters. The molecule has 0 saturated carbocycles. The van der Waals surface area contributed by atoms with E-state index in [1.807, 2.05) is 19.1 Å². The van der Waals surface area contributed by atoms with Crippen LogP contribution in [0.3, 0.4) is 0 Å². The third-order valence-corrected chi connectivity index (χ3v) is 17.8. The van der Waals surface area contributed by atoms with Crippen molar-refractivity contribution in [3.63, 3.8) is 0 Å². The van der Waals surface area contributed by atoms with Gasteiger partial charge in [0.15, 0.2) is 0 Å². The van der Waals surface area contributed by atoms with Gasteiger partial charge in [-0.2, -0.15) is 0 Å². The van der Waals surface area contributed by atoms with E-state index < -0.39 is 8.32 Å². The first kappa shape index (κ1) is 52.4. The van der Waals surface area contributed by atoms with Crippen molar-refractivity contribution in [1.29, 1.82) is 0 Å². The zero-order valence-electron chi connectivity index (χ0n) is 40.5. The Bertz CT molecular complexity index is 1830. The first-order valence-electron chi connectivity index (χ1n) is 24.4. The third kappa shape index (κ3) is 16.0. The van der Waals surface area contributed by atoms with Crippen molar-refractivity contribution >= 4 is 24.7 Å². The van der Waals surface area contributed by atoms with Gasteiger partial charge in [-0.05, 0) is 85.9 Å². The van der Waals surface area contributed by atoms with E-state index in [0.29, 0.717) is 24.8 Å². The van der Waals surface area contributed by atoms with E-state index >= 15 is 0 Å². The molecule has 0 aromatic heterocycles.